The fourth-order valence-electron chi connectivity index (χ4n) is 2.25. The van der Waals surface area contributed by atoms with E-state index < -0.39 is 16.0 Å². The zero-order valence-electron chi connectivity index (χ0n) is 11.1. The zero-order valence-corrected chi connectivity index (χ0v) is 12.7. The van der Waals surface area contributed by atoms with E-state index in [1.54, 1.807) is 7.11 Å². The van der Waals surface area contributed by atoms with Crippen LogP contribution in [0.4, 0.5) is 0 Å². The van der Waals surface area contributed by atoms with Crippen LogP contribution in [-0.2, 0) is 14.8 Å². The van der Waals surface area contributed by atoms with Gasteiger partial charge in [0, 0.05) is 26.8 Å². The Bertz CT molecular complexity index is 572. The second-order valence-corrected chi connectivity index (χ2v) is 7.98. The van der Waals surface area contributed by atoms with Crippen LogP contribution in [0, 0.1) is 5.92 Å². The third kappa shape index (κ3) is 3.20. The van der Waals surface area contributed by atoms with Crippen LogP contribution >= 0.6 is 11.3 Å². The Morgan fingerprint density at radius 1 is 1.45 bits per heavy atom. The van der Waals surface area contributed by atoms with Gasteiger partial charge in [-0.05, 0) is 30.9 Å². The molecule has 0 unspecified atom stereocenters. The molecule has 1 saturated heterocycles. The van der Waals surface area contributed by atoms with Gasteiger partial charge in [-0.3, -0.25) is 0 Å². The van der Waals surface area contributed by atoms with Crippen molar-refractivity contribution in [3.8, 4) is 0 Å². The number of carbonyl (C=O) groups is 1. The number of thiophene rings is 1. The minimum absolute atomic E-state index is 0.0397. The number of sulfonamides is 1. The van der Waals surface area contributed by atoms with Gasteiger partial charge >= 0.3 is 5.97 Å². The van der Waals surface area contributed by atoms with Crippen LogP contribution in [0.3, 0.4) is 0 Å². The highest BCUT2D eigenvalue weighted by Gasteiger charge is 2.30. The predicted molar refractivity (Wildman–Crippen MR) is 74.6 cm³/mol. The first-order valence-electron chi connectivity index (χ1n) is 6.27. The first kappa shape index (κ1) is 15.4. The first-order valence-corrected chi connectivity index (χ1v) is 8.53. The maximum absolute atomic E-state index is 12.4. The van der Waals surface area contributed by atoms with Gasteiger partial charge in [-0.25, -0.2) is 13.2 Å². The van der Waals surface area contributed by atoms with Gasteiger partial charge in [0.25, 0.3) is 10.0 Å². The number of hydrogen-bond acceptors (Lipinski definition) is 5. The summed E-state index contributed by atoms with van der Waals surface area (Å²) in [5, 5.41) is 8.86. The number of carboxylic acid groups (broad SMARTS) is 1. The molecule has 0 amide bonds. The van der Waals surface area contributed by atoms with Crippen molar-refractivity contribution in [2.24, 2.45) is 5.92 Å². The number of hydrogen-bond donors (Lipinski definition) is 1. The van der Waals surface area contributed by atoms with Crippen LogP contribution in [-0.4, -0.2) is 50.6 Å². The summed E-state index contributed by atoms with van der Waals surface area (Å²) >= 11 is 0.799. The Balaban J connectivity index is 2.09. The average molecular weight is 319 g/mol. The molecule has 1 N–H and O–H groups in total. The largest absolute Gasteiger partial charge is 0.477 e. The SMILES string of the molecule is COCC1CCN(S(=O)(=O)c2ccc(C(=O)O)s2)CC1. The summed E-state index contributed by atoms with van der Waals surface area (Å²) in [7, 11) is -1.92. The number of rotatable bonds is 5. The van der Waals surface area contributed by atoms with E-state index in [1.807, 2.05) is 0 Å². The van der Waals surface area contributed by atoms with E-state index in [2.05, 4.69) is 0 Å². The van der Waals surface area contributed by atoms with Crippen molar-refractivity contribution in [3.63, 3.8) is 0 Å². The maximum atomic E-state index is 12.4. The standard InChI is InChI=1S/C12H17NO5S2/c1-18-8-9-4-6-13(7-5-9)20(16,17)11-3-2-10(19-11)12(14)15/h2-3,9H,4-8H2,1H3,(H,14,15). The zero-order chi connectivity index (χ0) is 14.8. The third-order valence-electron chi connectivity index (χ3n) is 3.36. The van der Waals surface area contributed by atoms with Crippen molar-refractivity contribution in [2.75, 3.05) is 26.8 Å². The normalized spacial score (nSPS) is 18.2. The first-order chi connectivity index (χ1) is 9.45. The van der Waals surface area contributed by atoms with Crippen LogP contribution in [0.1, 0.15) is 22.5 Å². The van der Waals surface area contributed by atoms with Crippen LogP contribution < -0.4 is 0 Å². The number of ether oxygens (including phenoxy) is 1. The fourth-order valence-corrected chi connectivity index (χ4v) is 5.02. The molecule has 0 radical (unpaired) electrons. The van der Waals surface area contributed by atoms with E-state index in [1.165, 1.54) is 16.4 Å². The van der Waals surface area contributed by atoms with Crippen LogP contribution in [0.25, 0.3) is 0 Å². The summed E-state index contributed by atoms with van der Waals surface area (Å²) in [5.41, 5.74) is 0. The Morgan fingerprint density at radius 2 is 2.10 bits per heavy atom. The third-order valence-corrected chi connectivity index (χ3v) is 6.80. The topological polar surface area (TPSA) is 83.9 Å². The maximum Gasteiger partial charge on any atom is 0.345 e. The number of carboxylic acids is 1. The minimum Gasteiger partial charge on any atom is -0.477 e. The van der Waals surface area contributed by atoms with Gasteiger partial charge < -0.3 is 9.84 Å². The molecular weight excluding hydrogens is 302 g/mol. The molecule has 2 heterocycles. The van der Waals surface area contributed by atoms with Crippen molar-refractivity contribution in [2.45, 2.75) is 17.1 Å². The lowest BCUT2D eigenvalue weighted by Gasteiger charge is -2.30. The number of piperidine rings is 1. The summed E-state index contributed by atoms with van der Waals surface area (Å²) < 4.78 is 31.4. The molecule has 2 rings (SSSR count). The lowest BCUT2D eigenvalue weighted by atomic mass is 9.99. The van der Waals surface area contributed by atoms with E-state index in [0.29, 0.717) is 25.6 Å². The molecule has 6 nitrogen and oxygen atoms in total. The highest BCUT2D eigenvalue weighted by Crippen LogP contribution is 2.28. The quantitative estimate of drug-likeness (QED) is 0.889. The van der Waals surface area contributed by atoms with Crippen molar-refractivity contribution in [1.82, 2.24) is 4.31 Å². The molecule has 1 aliphatic rings. The molecule has 0 spiro atoms. The van der Waals surface area contributed by atoms with Gasteiger partial charge in [-0.15, -0.1) is 11.3 Å². The van der Waals surface area contributed by atoms with E-state index in [0.717, 1.165) is 24.2 Å². The van der Waals surface area contributed by atoms with Crippen molar-refractivity contribution >= 4 is 27.3 Å². The van der Waals surface area contributed by atoms with Gasteiger partial charge in [0.15, 0.2) is 0 Å². The second kappa shape index (κ2) is 6.21. The van der Waals surface area contributed by atoms with Gasteiger partial charge in [0.05, 0.1) is 0 Å². The lowest BCUT2D eigenvalue weighted by molar-refractivity contribution is 0.0702. The molecule has 20 heavy (non-hydrogen) atoms. The molecule has 1 aliphatic heterocycles. The highest BCUT2D eigenvalue weighted by atomic mass is 32.2. The van der Waals surface area contributed by atoms with Crippen LogP contribution in [0.2, 0.25) is 0 Å². The molecule has 0 atom stereocenters. The Kier molecular flexibility index (Phi) is 4.79. The summed E-state index contributed by atoms with van der Waals surface area (Å²) in [6, 6.07) is 2.70. The van der Waals surface area contributed by atoms with Crippen molar-refractivity contribution in [3.05, 3.63) is 17.0 Å². The lowest BCUT2D eigenvalue weighted by Crippen LogP contribution is -2.39. The van der Waals surface area contributed by atoms with Crippen molar-refractivity contribution in [1.29, 1.82) is 0 Å². The Labute approximate surface area is 122 Å². The number of aromatic carboxylic acids is 1. The average Bonchev–Trinajstić information content (AvgIpc) is 2.90. The van der Waals surface area contributed by atoms with E-state index >= 15 is 0 Å². The summed E-state index contributed by atoms with van der Waals surface area (Å²) in [6.07, 6.45) is 1.54. The molecule has 112 valence electrons. The summed E-state index contributed by atoms with van der Waals surface area (Å²) in [4.78, 5) is 10.9. The summed E-state index contributed by atoms with van der Waals surface area (Å²) in [5.74, 6) is -0.709. The Morgan fingerprint density at radius 3 is 2.60 bits per heavy atom. The Hall–Kier alpha value is -0.960. The van der Waals surface area contributed by atoms with Gasteiger partial charge in [0.2, 0.25) is 0 Å². The highest BCUT2D eigenvalue weighted by molar-refractivity contribution is 7.91. The van der Waals surface area contributed by atoms with Gasteiger partial charge in [0.1, 0.15) is 9.09 Å². The molecular formula is C12H17NO5S2. The van der Waals surface area contributed by atoms with E-state index in [9.17, 15) is 13.2 Å². The summed E-state index contributed by atoms with van der Waals surface area (Å²) in [6.45, 7) is 1.56. The van der Waals surface area contributed by atoms with Gasteiger partial charge in [-0.2, -0.15) is 4.31 Å². The molecule has 1 fully saturated rings. The number of nitrogens with zero attached hydrogens (tertiary/aromatic N) is 1. The monoisotopic (exact) mass is 319 g/mol. The number of methoxy groups -OCH3 is 1. The van der Waals surface area contributed by atoms with Gasteiger partial charge in [-0.1, -0.05) is 0 Å². The fraction of sp³-hybridized carbons (Fsp3) is 0.583. The second-order valence-electron chi connectivity index (χ2n) is 4.73. The molecule has 0 bridgehead atoms. The molecule has 1 aromatic rings. The molecule has 0 aromatic carbocycles. The van der Waals surface area contributed by atoms with Crippen molar-refractivity contribution < 1.29 is 23.1 Å². The molecule has 0 saturated carbocycles. The van der Waals surface area contributed by atoms with E-state index in [-0.39, 0.29) is 9.09 Å². The van der Waals surface area contributed by atoms with Crippen LogP contribution in [0.15, 0.2) is 16.3 Å². The molecule has 1 aromatic heterocycles. The molecule has 8 heteroatoms. The molecule has 0 aliphatic carbocycles. The predicted octanol–water partition coefficient (Wildman–Crippen LogP) is 1.49. The van der Waals surface area contributed by atoms with E-state index in [4.69, 9.17) is 9.84 Å². The van der Waals surface area contributed by atoms with Crippen LogP contribution in [0.5, 0.6) is 0 Å². The minimum atomic E-state index is -3.57. The smallest absolute Gasteiger partial charge is 0.345 e.